The predicted molar refractivity (Wildman–Crippen MR) is 104 cm³/mol. The molecule has 0 spiro atoms. The van der Waals surface area contributed by atoms with Crippen LogP contribution in [0.15, 0.2) is 47.3 Å². The van der Waals surface area contributed by atoms with Crippen molar-refractivity contribution in [1.82, 2.24) is 10.2 Å². The van der Waals surface area contributed by atoms with Gasteiger partial charge in [0.2, 0.25) is 5.78 Å². The number of hydrogen-bond acceptors (Lipinski definition) is 5. The molecule has 6 heteroatoms. The minimum absolute atomic E-state index is 0.126. The Morgan fingerprint density at radius 2 is 1.86 bits per heavy atom. The van der Waals surface area contributed by atoms with Gasteiger partial charge in [-0.25, -0.2) is 5.10 Å². The smallest absolute Gasteiger partial charge is 0.312 e. The summed E-state index contributed by atoms with van der Waals surface area (Å²) in [6.07, 6.45) is 2.13. The van der Waals surface area contributed by atoms with Crippen LogP contribution in [0.4, 0.5) is 0 Å². The van der Waals surface area contributed by atoms with Crippen LogP contribution in [0.3, 0.4) is 0 Å². The Morgan fingerprint density at radius 1 is 1.11 bits per heavy atom. The van der Waals surface area contributed by atoms with Gasteiger partial charge in [-0.2, -0.15) is 5.10 Å². The average molecular weight is 376 g/mol. The Bertz CT molecular complexity index is 1130. The lowest BCUT2D eigenvalue weighted by Gasteiger charge is -2.13. The fourth-order valence-corrected chi connectivity index (χ4v) is 3.70. The zero-order valence-corrected chi connectivity index (χ0v) is 15.5. The first-order chi connectivity index (χ1) is 13.5. The lowest BCUT2D eigenvalue weighted by atomic mass is 10.0. The summed E-state index contributed by atoms with van der Waals surface area (Å²) in [5.41, 5.74) is 3.16. The molecule has 3 aromatic rings. The standard InChI is InChI=1S/C22H20N2O4/c1-13(21(26)16-10-9-14-5-4-6-15(14)11-16)28-20(25)12-19-17-7-2-3-8-18(17)22(27)24-23-19/h2-3,7-11,13H,4-6,12H2,1H3,(H,24,27)/t13-/m0/s1. The molecule has 1 aliphatic carbocycles. The largest absolute Gasteiger partial charge is 0.454 e. The van der Waals surface area contributed by atoms with Crippen LogP contribution in [0.5, 0.6) is 0 Å². The zero-order chi connectivity index (χ0) is 19.7. The summed E-state index contributed by atoms with van der Waals surface area (Å²) in [6, 6.07) is 12.6. The molecule has 1 N–H and O–H groups in total. The fraction of sp³-hybridized carbons (Fsp3) is 0.273. The van der Waals surface area contributed by atoms with E-state index in [1.807, 2.05) is 12.1 Å². The maximum absolute atomic E-state index is 12.6. The number of benzene rings is 2. The number of hydrogen-bond donors (Lipinski definition) is 1. The summed E-state index contributed by atoms with van der Waals surface area (Å²) in [5, 5.41) is 7.43. The Labute approximate surface area is 161 Å². The van der Waals surface area contributed by atoms with Crippen molar-refractivity contribution in [1.29, 1.82) is 0 Å². The maximum atomic E-state index is 12.6. The van der Waals surface area contributed by atoms with Gasteiger partial charge in [-0.05, 0) is 49.4 Å². The van der Waals surface area contributed by atoms with Gasteiger partial charge in [-0.3, -0.25) is 14.4 Å². The molecule has 1 aromatic heterocycles. The fourth-order valence-electron chi connectivity index (χ4n) is 3.70. The molecule has 28 heavy (non-hydrogen) atoms. The van der Waals surface area contributed by atoms with Crippen LogP contribution in [0.25, 0.3) is 10.8 Å². The van der Waals surface area contributed by atoms with Crippen LogP contribution >= 0.6 is 0 Å². The van der Waals surface area contributed by atoms with E-state index in [9.17, 15) is 14.4 Å². The van der Waals surface area contributed by atoms with E-state index in [2.05, 4.69) is 10.2 Å². The number of nitrogens with one attached hydrogen (secondary N) is 1. The van der Waals surface area contributed by atoms with E-state index >= 15 is 0 Å². The molecule has 1 aliphatic rings. The lowest BCUT2D eigenvalue weighted by Crippen LogP contribution is -2.26. The first kappa shape index (κ1) is 18.1. The average Bonchev–Trinajstić information content (AvgIpc) is 3.17. The summed E-state index contributed by atoms with van der Waals surface area (Å²) in [7, 11) is 0. The van der Waals surface area contributed by atoms with E-state index in [1.165, 1.54) is 11.1 Å². The Morgan fingerprint density at radius 3 is 2.68 bits per heavy atom. The molecule has 0 radical (unpaired) electrons. The third kappa shape index (κ3) is 3.45. The van der Waals surface area contributed by atoms with E-state index in [1.54, 1.807) is 37.3 Å². The number of aromatic amines is 1. The minimum atomic E-state index is -0.888. The molecule has 0 fully saturated rings. The van der Waals surface area contributed by atoms with Crippen LogP contribution in [0.1, 0.15) is 40.5 Å². The molecule has 142 valence electrons. The van der Waals surface area contributed by atoms with Crippen molar-refractivity contribution in [3.8, 4) is 0 Å². The summed E-state index contributed by atoms with van der Waals surface area (Å²) in [4.78, 5) is 36.9. The van der Waals surface area contributed by atoms with Crippen molar-refractivity contribution in [2.45, 2.75) is 38.7 Å². The van der Waals surface area contributed by atoms with Crippen LogP contribution in [0.2, 0.25) is 0 Å². The quantitative estimate of drug-likeness (QED) is 0.546. The zero-order valence-electron chi connectivity index (χ0n) is 15.5. The SMILES string of the molecule is C[C@H](OC(=O)Cc1n[nH]c(=O)c2ccccc12)C(=O)c1ccc2c(c1)CCC2. The number of carbonyl (C=O) groups is 2. The van der Waals surface area contributed by atoms with Gasteiger partial charge in [0.15, 0.2) is 6.10 Å². The number of rotatable bonds is 5. The summed E-state index contributed by atoms with van der Waals surface area (Å²) < 4.78 is 5.35. The number of nitrogens with zero attached hydrogens (tertiary/aromatic N) is 1. The molecule has 1 heterocycles. The lowest BCUT2D eigenvalue weighted by molar-refractivity contribution is -0.145. The van der Waals surface area contributed by atoms with Gasteiger partial charge in [-0.1, -0.05) is 30.3 Å². The molecular formula is C22H20N2O4. The highest BCUT2D eigenvalue weighted by molar-refractivity contribution is 6.00. The molecule has 0 unspecified atom stereocenters. The number of aryl methyl sites for hydroxylation is 2. The van der Waals surface area contributed by atoms with Crippen molar-refractivity contribution in [3.63, 3.8) is 0 Å². The van der Waals surface area contributed by atoms with Crippen molar-refractivity contribution < 1.29 is 14.3 Å². The number of ether oxygens (including phenoxy) is 1. The van der Waals surface area contributed by atoms with Crippen LogP contribution < -0.4 is 5.56 Å². The van der Waals surface area contributed by atoms with Crippen LogP contribution in [-0.4, -0.2) is 28.1 Å². The number of esters is 1. The first-order valence-electron chi connectivity index (χ1n) is 9.35. The van der Waals surface area contributed by atoms with Crippen LogP contribution in [-0.2, 0) is 28.8 Å². The second kappa shape index (κ2) is 7.38. The first-order valence-corrected chi connectivity index (χ1v) is 9.35. The number of H-pyrrole nitrogens is 1. The summed E-state index contributed by atoms with van der Waals surface area (Å²) >= 11 is 0. The van der Waals surface area contributed by atoms with Crippen LogP contribution in [0, 0.1) is 0 Å². The maximum Gasteiger partial charge on any atom is 0.312 e. The highest BCUT2D eigenvalue weighted by Crippen LogP contribution is 2.23. The molecule has 1 atom stereocenters. The topological polar surface area (TPSA) is 89.1 Å². The van der Waals surface area contributed by atoms with E-state index < -0.39 is 12.1 Å². The summed E-state index contributed by atoms with van der Waals surface area (Å²) in [5.74, 6) is -0.783. The molecule has 0 bridgehead atoms. The van der Waals surface area contributed by atoms with Crippen molar-refractivity contribution in [2.75, 3.05) is 0 Å². The predicted octanol–water partition coefficient (Wildman–Crippen LogP) is 2.77. The third-order valence-electron chi connectivity index (χ3n) is 5.15. The van der Waals surface area contributed by atoms with Crippen molar-refractivity contribution >= 4 is 22.5 Å². The van der Waals surface area contributed by atoms with E-state index in [4.69, 9.17) is 4.74 Å². The van der Waals surface area contributed by atoms with Gasteiger partial charge >= 0.3 is 5.97 Å². The van der Waals surface area contributed by atoms with Crippen molar-refractivity contribution in [2.24, 2.45) is 0 Å². The van der Waals surface area contributed by atoms with Gasteiger partial charge in [-0.15, -0.1) is 0 Å². The molecule has 0 saturated carbocycles. The number of fused-ring (bicyclic) bond motifs is 2. The van der Waals surface area contributed by atoms with Gasteiger partial charge in [0.05, 0.1) is 17.5 Å². The van der Waals surface area contributed by atoms with Crippen molar-refractivity contribution in [3.05, 3.63) is 75.2 Å². The second-order valence-corrected chi connectivity index (χ2v) is 7.06. The molecule has 6 nitrogen and oxygen atoms in total. The van der Waals surface area contributed by atoms with Gasteiger partial charge < -0.3 is 4.74 Å². The Kier molecular flexibility index (Phi) is 4.77. The highest BCUT2D eigenvalue weighted by atomic mass is 16.5. The Balaban J connectivity index is 1.47. The normalized spacial score (nSPS) is 13.9. The number of ketones is 1. The number of Topliss-reactive ketones (excluding diaryl/α,β-unsaturated/α-hetero) is 1. The number of carbonyl (C=O) groups excluding carboxylic acids is 2. The molecule has 0 aliphatic heterocycles. The van der Waals surface area contributed by atoms with Gasteiger partial charge in [0.1, 0.15) is 0 Å². The van der Waals surface area contributed by atoms with Gasteiger partial charge in [0.25, 0.3) is 5.56 Å². The minimum Gasteiger partial charge on any atom is -0.454 e. The molecule has 0 saturated heterocycles. The highest BCUT2D eigenvalue weighted by Gasteiger charge is 2.22. The Hall–Kier alpha value is -3.28. The number of aromatic nitrogens is 2. The summed E-state index contributed by atoms with van der Waals surface area (Å²) in [6.45, 7) is 1.58. The second-order valence-electron chi connectivity index (χ2n) is 7.06. The molecular weight excluding hydrogens is 356 g/mol. The molecule has 2 aromatic carbocycles. The van der Waals surface area contributed by atoms with Gasteiger partial charge in [0, 0.05) is 10.9 Å². The monoisotopic (exact) mass is 376 g/mol. The third-order valence-corrected chi connectivity index (χ3v) is 5.15. The van der Waals surface area contributed by atoms with E-state index in [0.29, 0.717) is 22.0 Å². The molecule has 4 rings (SSSR count). The van der Waals surface area contributed by atoms with E-state index in [0.717, 1.165) is 19.3 Å². The molecule has 0 amide bonds. The van der Waals surface area contributed by atoms with E-state index in [-0.39, 0.29) is 17.8 Å².